The second kappa shape index (κ2) is 4.00. The van der Waals surface area contributed by atoms with E-state index in [-0.39, 0.29) is 6.01 Å². The van der Waals surface area contributed by atoms with Gasteiger partial charge in [-0.1, -0.05) is 13.3 Å². The number of hydrogen-bond donors (Lipinski definition) is 2. The second-order valence-corrected chi connectivity index (χ2v) is 4.06. The Labute approximate surface area is 83.9 Å². The van der Waals surface area contributed by atoms with Crippen LogP contribution in [0.4, 0.5) is 6.01 Å². The molecule has 0 aromatic carbocycles. The quantitative estimate of drug-likeness (QED) is 0.767. The van der Waals surface area contributed by atoms with E-state index in [0.717, 1.165) is 18.2 Å². The minimum absolute atomic E-state index is 0.251. The number of nitrogens with one attached hydrogen (secondary N) is 1. The van der Waals surface area contributed by atoms with Crippen molar-refractivity contribution in [3.05, 3.63) is 12.0 Å². The topological polar surface area (TPSA) is 64.1 Å². The van der Waals surface area contributed by atoms with Crippen LogP contribution in [0.3, 0.4) is 0 Å². The molecule has 1 aromatic heterocycles. The van der Waals surface area contributed by atoms with E-state index >= 15 is 0 Å². The average Bonchev–Trinajstić information content (AvgIpc) is 2.72. The highest BCUT2D eigenvalue weighted by Crippen LogP contribution is 2.25. The molecule has 1 aliphatic rings. The molecule has 3 N–H and O–H groups in total. The van der Waals surface area contributed by atoms with Crippen LogP contribution < -0.4 is 11.1 Å². The molecule has 2 atom stereocenters. The highest BCUT2D eigenvalue weighted by molar-refractivity contribution is 5.10. The van der Waals surface area contributed by atoms with Crippen LogP contribution in [0, 0.1) is 5.92 Å². The van der Waals surface area contributed by atoms with Crippen LogP contribution in [0.25, 0.3) is 0 Å². The van der Waals surface area contributed by atoms with Gasteiger partial charge in [0, 0.05) is 6.04 Å². The molecule has 4 nitrogen and oxygen atoms in total. The number of nitrogens with zero attached hydrogens (tertiary/aromatic N) is 1. The van der Waals surface area contributed by atoms with Crippen LogP contribution in [-0.4, -0.2) is 11.0 Å². The predicted molar refractivity (Wildman–Crippen MR) is 54.6 cm³/mol. The maximum absolute atomic E-state index is 5.38. The molecule has 2 unspecified atom stereocenters. The smallest absolute Gasteiger partial charge is 0.292 e. The number of nitrogens with two attached hydrogens (primary N) is 1. The first-order chi connectivity index (χ1) is 6.75. The third-order valence-electron chi connectivity index (χ3n) is 2.97. The molecule has 0 radical (unpaired) electrons. The van der Waals surface area contributed by atoms with E-state index in [4.69, 9.17) is 10.2 Å². The zero-order valence-corrected chi connectivity index (χ0v) is 8.49. The molecule has 4 heteroatoms. The first-order valence-corrected chi connectivity index (χ1v) is 5.19. The molecule has 1 fully saturated rings. The Bertz CT molecular complexity index is 297. The van der Waals surface area contributed by atoms with Crippen LogP contribution in [0.2, 0.25) is 0 Å². The van der Waals surface area contributed by atoms with Gasteiger partial charge in [0.15, 0.2) is 0 Å². The van der Waals surface area contributed by atoms with Gasteiger partial charge in [0.2, 0.25) is 0 Å². The molecule has 1 heterocycles. The van der Waals surface area contributed by atoms with Crippen molar-refractivity contribution in [2.45, 2.75) is 38.8 Å². The van der Waals surface area contributed by atoms with Gasteiger partial charge in [-0.2, -0.15) is 0 Å². The van der Waals surface area contributed by atoms with E-state index in [1.165, 1.54) is 19.3 Å². The molecular formula is C10H17N3O. The molecule has 1 aromatic rings. The Hall–Kier alpha value is -1.03. The van der Waals surface area contributed by atoms with Gasteiger partial charge in [0.1, 0.15) is 5.76 Å². The van der Waals surface area contributed by atoms with Crippen molar-refractivity contribution in [2.24, 2.45) is 5.92 Å². The van der Waals surface area contributed by atoms with E-state index in [9.17, 15) is 0 Å². The number of aromatic nitrogens is 1. The molecule has 78 valence electrons. The summed E-state index contributed by atoms with van der Waals surface area (Å²) in [5.74, 6) is 1.59. The number of rotatable bonds is 3. The number of hydrogen-bond acceptors (Lipinski definition) is 4. The van der Waals surface area contributed by atoms with Crippen LogP contribution in [-0.2, 0) is 6.54 Å². The summed E-state index contributed by atoms with van der Waals surface area (Å²) < 4.78 is 5.18. The minimum atomic E-state index is 0.251. The number of anilines is 1. The van der Waals surface area contributed by atoms with Gasteiger partial charge in [0.25, 0.3) is 6.01 Å². The predicted octanol–water partition coefficient (Wildman–Crippen LogP) is 1.53. The van der Waals surface area contributed by atoms with E-state index in [0.29, 0.717) is 6.04 Å². The fourth-order valence-electron chi connectivity index (χ4n) is 2.08. The normalized spacial score (nSPS) is 26.9. The monoisotopic (exact) mass is 195 g/mol. The number of nitrogen functional groups attached to an aromatic ring is 1. The summed E-state index contributed by atoms with van der Waals surface area (Å²) in [5.41, 5.74) is 5.38. The minimum Gasteiger partial charge on any atom is -0.428 e. The maximum atomic E-state index is 5.38. The van der Waals surface area contributed by atoms with Crippen LogP contribution >= 0.6 is 0 Å². The van der Waals surface area contributed by atoms with Gasteiger partial charge >= 0.3 is 0 Å². The highest BCUT2D eigenvalue weighted by atomic mass is 16.4. The molecule has 2 rings (SSSR count). The Morgan fingerprint density at radius 3 is 3.07 bits per heavy atom. The molecule has 14 heavy (non-hydrogen) atoms. The molecule has 0 aliphatic heterocycles. The summed E-state index contributed by atoms with van der Waals surface area (Å²) >= 11 is 0. The molecule has 0 spiro atoms. The van der Waals surface area contributed by atoms with Crippen LogP contribution in [0.5, 0.6) is 0 Å². The summed E-state index contributed by atoms with van der Waals surface area (Å²) in [6, 6.07) is 0.877. The van der Waals surface area contributed by atoms with E-state index < -0.39 is 0 Å². The molecular weight excluding hydrogens is 178 g/mol. The fraction of sp³-hybridized carbons (Fsp3) is 0.700. The summed E-state index contributed by atoms with van der Waals surface area (Å²) in [4.78, 5) is 3.85. The van der Waals surface area contributed by atoms with Gasteiger partial charge < -0.3 is 15.5 Å². The number of oxazole rings is 1. The Kier molecular flexibility index (Phi) is 2.72. The zero-order valence-electron chi connectivity index (χ0n) is 8.49. The maximum Gasteiger partial charge on any atom is 0.292 e. The Morgan fingerprint density at radius 2 is 2.50 bits per heavy atom. The summed E-state index contributed by atoms with van der Waals surface area (Å²) in [7, 11) is 0. The lowest BCUT2D eigenvalue weighted by atomic mass is 10.1. The van der Waals surface area contributed by atoms with Crippen molar-refractivity contribution < 1.29 is 4.42 Å². The molecule has 1 saturated carbocycles. The van der Waals surface area contributed by atoms with Gasteiger partial charge in [-0.15, -0.1) is 0 Å². The molecule has 0 saturated heterocycles. The third kappa shape index (κ3) is 2.07. The van der Waals surface area contributed by atoms with Crippen molar-refractivity contribution in [3.8, 4) is 0 Å². The lowest BCUT2D eigenvalue weighted by molar-refractivity contribution is 0.399. The van der Waals surface area contributed by atoms with Gasteiger partial charge in [-0.3, -0.25) is 0 Å². The summed E-state index contributed by atoms with van der Waals surface area (Å²) in [5, 5.41) is 3.47. The fourth-order valence-corrected chi connectivity index (χ4v) is 2.08. The van der Waals surface area contributed by atoms with Gasteiger partial charge in [0.05, 0.1) is 12.7 Å². The van der Waals surface area contributed by atoms with E-state index in [1.54, 1.807) is 6.20 Å². The Balaban J connectivity index is 1.82. The van der Waals surface area contributed by atoms with Crippen LogP contribution in [0.15, 0.2) is 10.6 Å². The highest BCUT2D eigenvalue weighted by Gasteiger charge is 2.22. The van der Waals surface area contributed by atoms with Crippen molar-refractivity contribution in [3.63, 3.8) is 0 Å². The third-order valence-corrected chi connectivity index (χ3v) is 2.97. The van der Waals surface area contributed by atoms with E-state index in [2.05, 4.69) is 17.2 Å². The average molecular weight is 195 g/mol. The van der Waals surface area contributed by atoms with Gasteiger partial charge in [-0.25, -0.2) is 4.98 Å². The lowest BCUT2D eigenvalue weighted by Gasteiger charge is -2.15. The largest absolute Gasteiger partial charge is 0.428 e. The van der Waals surface area contributed by atoms with Crippen molar-refractivity contribution in [1.29, 1.82) is 0 Å². The zero-order chi connectivity index (χ0) is 9.97. The molecule has 1 aliphatic carbocycles. The lowest BCUT2D eigenvalue weighted by Crippen LogP contribution is -2.30. The standard InChI is InChI=1S/C10H17N3O/c1-7-3-2-4-9(7)12-5-8-6-13-10(11)14-8/h6-7,9,12H,2-5H2,1H3,(H2,11,13). The van der Waals surface area contributed by atoms with Crippen molar-refractivity contribution in [2.75, 3.05) is 5.73 Å². The van der Waals surface area contributed by atoms with E-state index in [1.807, 2.05) is 0 Å². The van der Waals surface area contributed by atoms with Gasteiger partial charge in [-0.05, 0) is 18.8 Å². The summed E-state index contributed by atoms with van der Waals surface area (Å²) in [6.45, 7) is 3.03. The first kappa shape index (κ1) is 9.52. The summed E-state index contributed by atoms with van der Waals surface area (Å²) in [6.07, 6.45) is 5.61. The van der Waals surface area contributed by atoms with Crippen LogP contribution in [0.1, 0.15) is 31.9 Å². The Morgan fingerprint density at radius 1 is 1.64 bits per heavy atom. The van der Waals surface area contributed by atoms with Crippen molar-refractivity contribution in [1.82, 2.24) is 10.3 Å². The SMILES string of the molecule is CC1CCCC1NCc1cnc(N)o1. The molecule has 0 bridgehead atoms. The second-order valence-electron chi connectivity index (χ2n) is 4.06. The first-order valence-electron chi connectivity index (χ1n) is 5.19. The molecule has 0 amide bonds. The van der Waals surface area contributed by atoms with Crippen molar-refractivity contribution >= 4 is 6.01 Å².